The molecule has 6 heteroatoms. The zero-order chi connectivity index (χ0) is 15.5. The van der Waals surface area contributed by atoms with Crippen molar-refractivity contribution in [3.05, 3.63) is 22.7 Å². The quantitative estimate of drug-likeness (QED) is 0.770. The number of carbonyl (C=O) groups is 2. The number of hydrogen-bond acceptors (Lipinski definition) is 4. The predicted octanol–water partition coefficient (Wildman–Crippen LogP) is 3.05. The Morgan fingerprint density at radius 3 is 2.86 bits per heavy atom. The zero-order valence-corrected chi connectivity index (χ0v) is 13.8. The van der Waals surface area contributed by atoms with Gasteiger partial charge in [0.2, 0.25) is 0 Å². The summed E-state index contributed by atoms with van der Waals surface area (Å²) in [7, 11) is 0. The number of ether oxygens (including phenoxy) is 2. The standard InChI is InChI=1S/C16H18BrNO4/c17-11-6-7-13-14(8-11)21-10-15(19)18(13)9-16(20)22-12-4-2-1-3-5-12/h6-8,12H,1-5,9-10H2. The highest BCUT2D eigenvalue weighted by Gasteiger charge is 2.29. The molecule has 118 valence electrons. The third-order valence-electron chi connectivity index (χ3n) is 4.00. The van der Waals surface area contributed by atoms with Gasteiger partial charge in [0.1, 0.15) is 18.4 Å². The first-order chi connectivity index (χ1) is 10.6. The zero-order valence-electron chi connectivity index (χ0n) is 12.2. The molecule has 0 radical (unpaired) electrons. The molecule has 0 unspecified atom stereocenters. The molecule has 3 rings (SSSR count). The summed E-state index contributed by atoms with van der Waals surface area (Å²) < 4.78 is 11.8. The number of carbonyl (C=O) groups excluding carboxylic acids is 2. The number of amides is 1. The van der Waals surface area contributed by atoms with Crippen LogP contribution < -0.4 is 9.64 Å². The van der Waals surface area contributed by atoms with Gasteiger partial charge in [-0.05, 0) is 43.9 Å². The van der Waals surface area contributed by atoms with Crippen LogP contribution in [0.15, 0.2) is 22.7 Å². The van der Waals surface area contributed by atoms with Gasteiger partial charge in [0.25, 0.3) is 5.91 Å². The van der Waals surface area contributed by atoms with Gasteiger partial charge in [0.15, 0.2) is 6.61 Å². The van der Waals surface area contributed by atoms with E-state index in [-0.39, 0.29) is 31.1 Å². The highest BCUT2D eigenvalue weighted by molar-refractivity contribution is 9.10. The molecule has 0 atom stereocenters. The summed E-state index contributed by atoms with van der Waals surface area (Å²) in [6.07, 6.45) is 5.26. The topological polar surface area (TPSA) is 55.8 Å². The number of hydrogen-bond donors (Lipinski definition) is 0. The van der Waals surface area contributed by atoms with Crippen molar-refractivity contribution in [3.63, 3.8) is 0 Å². The second-order valence-electron chi connectivity index (χ2n) is 5.63. The van der Waals surface area contributed by atoms with Crippen LogP contribution in [0.3, 0.4) is 0 Å². The normalized spacial score (nSPS) is 18.6. The van der Waals surface area contributed by atoms with E-state index in [2.05, 4.69) is 15.9 Å². The molecule has 1 heterocycles. The van der Waals surface area contributed by atoms with Gasteiger partial charge in [-0.25, -0.2) is 0 Å². The molecule has 1 amide bonds. The van der Waals surface area contributed by atoms with Crippen molar-refractivity contribution in [1.82, 2.24) is 0 Å². The highest BCUT2D eigenvalue weighted by Crippen LogP contribution is 2.34. The van der Waals surface area contributed by atoms with Gasteiger partial charge in [-0.2, -0.15) is 0 Å². The van der Waals surface area contributed by atoms with Gasteiger partial charge in [0.05, 0.1) is 5.69 Å². The van der Waals surface area contributed by atoms with E-state index in [1.54, 1.807) is 12.1 Å². The summed E-state index contributed by atoms with van der Waals surface area (Å²) in [5.74, 6) is 0.0193. The number of benzene rings is 1. The summed E-state index contributed by atoms with van der Waals surface area (Å²) in [6, 6.07) is 5.38. The summed E-state index contributed by atoms with van der Waals surface area (Å²) in [5.41, 5.74) is 0.611. The van der Waals surface area contributed by atoms with Crippen LogP contribution in [0.4, 0.5) is 5.69 Å². The van der Waals surface area contributed by atoms with Gasteiger partial charge < -0.3 is 9.47 Å². The first-order valence-electron chi connectivity index (χ1n) is 7.55. The van der Waals surface area contributed by atoms with Crippen molar-refractivity contribution in [2.24, 2.45) is 0 Å². The molecule has 1 aliphatic carbocycles. The highest BCUT2D eigenvalue weighted by atomic mass is 79.9. The van der Waals surface area contributed by atoms with Crippen molar-refractivity contribution >= 4 is 33.5 Å². The Kier molecular flexibility index (Phi) is 4.66. The molecular weight excluding hydrogens is 350 g/mol. The fraction of sp³-hybridized carbons (Fsp3) is 0.500. The number of esters is 1. The summed E-state index contributed by atoms with van der Waals surface area (Å²) in [5, 5.41) is 0. The first kappa shape index (κ1) is 15.3. The Balaban J connectivity index is 1.68. The van der Waals surface area contributed by atoms with Crippen LogP contribution >= 0.6 is 15.9 Å². The van der Waals surface area contributed by atoms with Crippen LogP contribution in [0.2, 0.25) is 0 Å². The molecule has 0 bridgehead atoms. The maximum atomic E-state index is 12.1. The summed E-state index contributed by atoms with van der Waals surface area (Å²) in [4.78, 5) is 25.6. The van der Waals surface area contributed by atoms with E-state index in [0.717, 1.165) is 30.2 Å². The molecule has 1 fully saturated rings. The summed E-state index contributed by atoms with van der Waals surface area (Å²) in [6.45, 7) is -0.118. The van der Waals surface area contributed by atoms with Crippen LogP contribution in [0, 0.1) is 0 Å². The Morgan fingerprint density at radius 1 is 1.32 bits per heavy atom. The van der Waals surface area contributed by atoms with E-state index < -0.39 is 0 Å². The lowest BCUT2D eigenvalue weighted by molar-refractivity contribution is -0.149. The molecule has 0 aromatic heterocycles. The maximum absolute atomic E-state index is 12.1. The van der Waals surface area contributed by atoms with E-state index >= 15 is 0 Å². The van der Waals surface area contributed by atoms with Crippen molar-refractivity contribution < 1.29 is 19.1 Å². The first-order valence-corrected chi connectivity index (χ1v) is 8.35. The minimum Gasteiger partial charge on any atom is -0.482 e. The minimum atomic E-state index is -0.351. The van der Waals surface area contributed by atoms with Crippen LogP contribution in [-0.2, 0) is 14.3 Å². The molecule has 2 aliphatic rings. The number of rotatable bonds is 3. The maximum Gasteiger partial charge on any atom is 0.326 e. The molecule has 5 nitrogen and oxygen atoms in total. The number of anilines is 1. The third-order valence-corrected chi connectivity index (χ3v) is 4.50. The Bertz CT molecular complexity index is 584. The van der Waals surface area contributed by atoms with E-state index in [4.69, 9.17) is 9.47 Å². The van der Waals surface area contributed by atoms with E-state index in [1.165, 1.54) is 11.3 Å². The Morgan fingerprint density at radius 2 is 2.09 bits per heavy atom. The van der Waals surface area contributed by atoms with Crippen molar-refractivity contribution in [3.8, 4) is 5.75 Å². The fourth-order valence-corrected chi connectivity index (χ4v) is 3.23. The van der Waals surface area contributed by atoms with Crippen LogP contribution in [0.25, 0.3) is 0 Å². The van der Waals surface area contributed by atoms with Gasteiger partial charge in [-0.15, -0.1) is 0 Å². The smallest absolute Gasteiger partial charge is 0.326 e. The van der Waals surface area contributed by atoms with Gasteiger partial charge in [-0.3, -0.25) is 14.5 Å². The van der Waals surface area contributed by atoms with Crippen molar-refractivity contribution in [2.45, 2.75) is 38.2 Å². The second kappa shape index (κ2) is 6.69. The average Bonchev–Trinajstić information content (AvgIpc) is 2.51. The van der Waals surface area contributed by atoms with Crippen LogP contribution in [0.1, 0.15) is 32.1 Å². The molecular formula is C16H18BrNO4. The molecule has 0 spiro atoms. The molecule has 1 aromatic carbocycles. The fourth-order valence-electron chi connectivity index (χ4n) is 2.89. The number of nitrogens with zero attached hydrogens (tertiary/aromatic N) is 1. The lowest BCUT2D eigenvalue weighted by Crippen LogP contribution is -2.43. The Hall–Kier alpha value is -1.56. The van der Waals surface area contributed by atoms with Gasteiger partial charge >= 0.3 is 5.97 Å². The molecule has 0 N–H and O–H groups in total. The molecule has 0 saturated heterocycles. The molecule has 1 saturated carbocycles. The van der Waals surface area contributed by atoms with Crippen LogP contribution in [0.5, 0.6) is 5.75 Å². The SMILES string of the molecule is O=C(CN1C(=O)COc2cc(Br)ccc21)OC1CCCCC1. The summed E-state index contributed by atoms with van der Waals surface area (Å²) >= 11 is 3.37. The van der Waals surface area contributed by atoms with Gasteiger partial charge in [0, 0.05) is 4.47 Å². The third kappa shape index (κ3) is 3.43. The molecule has 22 heavy (non-hydrogen) atoms. The minimum absolute atomic E-state index is 0.00165. The predicted molar refractivity (Wildman–Crippen MR) is 85.0 cm³/mol. The largest absolute Gasteiger partial charge is 0.482 e. The Labute approximate surface area is 137 Å². The van der Waals surface area contributed by atoms with E-state index in [1.807, 2.05) is 6.07 Å². The van der Waals surface area contributed by atoms with Crippen molar-refractivity contribution in [1.29, 1.82) is 0 Å². The van der Waals surface area contributed by atoms with E-state index in [9.17, 15) is 9.59 Å². The van der Waals surface area contributed by atoms with Crippen molar-refractivity contribution in [2.75, 3.05) is 18.1 Å². The lowest BCUT2D eigenvalue weighted by atomic mass is 9.98. The average molecular weight is 368 g/mol. The second-order valence-corrected chi connectivity index (χ2v) is 6.55. The van der Waals surface area contributed by atoms with Gasteiger partial charge in [-0.1, -0.05) is 22.4 Å². The van der Waals surface area contributed by atoms with Crippen LogP contribution in [-0.4, -0.2) is 31.1 Å². The number of fused-ring (bicyclic) bond motifs is 1. The lowest BCUT2D eigenvalue weighted by Gasteiger charge is -2.29. The molecule has 1 aromatic rings. The van der Waals surface area contributed by atoms with E-state index in [0.29, 0.717) is 11.4 Å². The monoisotopic (exact) mass is 367 g/mol. The molecule has 1 aliphatic heterocycles. The number of halogens is 1.